The highest BCUT2D eigenvalue weighted by Gasteiger charge is 2.21. The van der Waals surface area contributed by atoms with E-state index in [0.29, 0.717) is 12.5 Å². The molecule has 0 atom stereocenters. The first-order valence-electron chi connectivity index (χ1n) is 6.64. The summed E-state index contributed by atoms with van der Waals surface area (Å²) in [6.07, 6.45) is 2.15. The molecule has 1 aliphatic heterocycles. The van der Waals surface area contributed by atoms with Crippen molar-refractivity contribution in [3.05, 3.63) is 0 Å². The Morgan fingerprint density at radius 1 is 1.28 bits per heavy atom. The molecule has 0 bridgehead atoms. The summed E-state index contributed by atoms with van der Waals surface area (Å²) >= 11 is 0. The SMILES string of the molecule is CCOC(=O)CN(C)CC(=O)N1CCC(C)CC1. The van der Waals surface area contributed by atoms with E-state index in [9.17, 15) is 9.59 Å². The van der Waals surface area contributed by atoms with E-state index >= 15 is 0 Å². The highest BCUT2D eigenvalue weighted by molar-refractivity contribution is 5.79. The Kier molecular flexibility index (Phi) is 6.12. The van der Waals surface area contributed by atoms with Crippen molar-refractivity contribution in [2.45, 2.75) is 26.7 Å². The molecule has 5 nitrogen and oxygen atoms in total. The molecule has 0 aromatic heterocycles. The number of rotatable bonds is 5. The quantitative estimate of drug-likeness (QED) is 0.681. The zero-order valence-electron chi connectivity index (χ0n) is 11.6. The Bertz CT molecular complexity index is 286. The fraction of sp³-hybridized carbons (Fsp3) is 0.846. The van der Waals surface area contributed by atoms with Gasteiger partial charge in [-0.15, -0.1) is 0 Å². The molecule has 0 aromatic rings. The van der Waals surface area contributed by atoms with Crippen molar-refractivity contribution >= 4 is 11.9 Å². The maximum atomic E-state index is 12.0. The third-order valence-electron chi connectivity index (χ3n) is 3.25. The van der Waals surface area contributed by atoms with Gasteiger partial charge in [-0.05, 0) is 32.7 Å². The number of amides is 1. The summed E-state index contributed by atoms with van der Waals surface area (Å²) < 4.78 is 4.85. The second-order valence-electron chi connectivity index (χ2n) is 5.04. The lowest BCUT2D eigenvalue weighted by Crippen LogP contribution is -2.44. The molecule has 1 heterocycles. The van der Waals surface area contributed by atoms with E-state index in [4.69, 9.17) is 4.74 Å². The number of nitrogens with zero attached hydrogens (tertiary/aromatic N) is 2. The third kappa shape index (κ3) is 5.04. The number of carbonyl (C=O) groups excluding carboxylic acids is 2. The van der Waals surface area contributed by atoms with E-state index in [1.165, 1.54) is 0 Å². The lowest BCUT2D eigenvalue weighted by molar-refractivity contribution is -0.144. The van der Waals surface area contributed by atoms with E-state index in [1.54, 1.807) is 18.9 Å². The van der Waals surface area contributed by atoms with Crippen LogP contribution in [0.3, 0.4) is 0 Å². The van der Waals surface area contributed by atoms with Crippen molar-refractivity contribution in [2.24, 2.45) is 5.92 Å². The molecule has 0 spiro atoms. The summed E-state index contributed by atoms with van der Waals surface area (Å²) in [4.78, 5) is 26.8. The molecule has 0 aromatic carbocycles. The standard InChI is InChI=1S/C13H24N2O3/c1-4-18-13(17)10-14(3)9-12(16)15-7-5-11(2)6-8-15/h11H,4-10H2,1-3H3. The van der Waals surface area contributed by atoms with Crippen LogP contribution in [-0.4, -0.2) is 61.5 Å². The molecule has 0 unspecified atom stereocenters. The van der Waals surface area contributed by atoms with Crippen molar-refractivity contribution in [1.82, 2.24) is 9.80 Å². The molecule has 1 fully saturated rings. The van der Waals surface area contributed by atoms with Crippen LogP contribution in [0.4, 0.5) is 0 Å². The minimum atomic E-state index is -0.278. The number of hydrogen-bond acceptors (Lipinski definition) is 4. The predicted octanol–water partition coefficient (Wildman–Crippen LogP) is 0.740. The smallest absolute Gasteiger partial charge is 0.320 e. The van der Waals surface area contributed by atoms with Crippen LogP contribution in [0.5, 0.6) is 0 Å². The molecule has 5 heteroatoms. The van der Waals surface area contributed by atoms with Crippen LogP contribution in [0.25, 0.3) is 0 Å². The Balaban J connectivity index is 2.28. The van der Waals surface area contributed by atoms with Crippen LogP contribution in [-0.2, 0) is 14.3 Å². The van der Waals surface area contributed by atoms with E-state index < -0.39 is 0 Å². The fourth-order valence-electron chi connectivity index (χ4n) is 2.07. The first kappa shape index (κ1) is 15.0. The number of carbonyl (C=O) groups is 2. The van der Waals surface area contributed by atoms with Crippen molar-refractivity contribution in [3.63, 3.8) is 0 Å². The second-order valence-corrected chi connectivity index (χ2v) is 5.04. The van der Waals surface area contributed by atoms with E-state index in [1.807, 2.05) is 4.90 Å². The molecule has 104 valence electrons. The third-order valence-corrected chi connectivity index (χ3v) is 3.25. The monoisotopic (exact) mass is 256 g/mol. The zero-order valence-corrected chi connectivity index (χ0v) is 11.6. The van der Waals surface area contributed by atoms with Gasteiger partial charge in [-0.3, -0.25) is 14.5 Å². The molecule has 0 radical (unpaired) electrons. The van der Waals surface area contributed by atoms with Gasteiger partial charge in [-0.1, -0.05) is 6.92 Å². The molecule has 1 amide bonds. The van der Waals surface area contributed by atoms with Gasteiger partial charge in [0, 0.05) is 13.1 Å². The van der Waals surface area contributed by atoms with Gasteiger partial charge in [0.2, 0.25) is 5.91 Å². The summed E-state index contributed by atoms with van der Waals surface area (Å²) in [5, 5.41) is 0. The van der Waals surface area contributed by atoms with Crippen LogP contribution in [0.2, 0.25) is 0 Å². The molecule has 1 aliphatic rings. The molecule has 18 heavy (non-hydrogen) atoms. The topological polar surface area (TPSA) is 49.9 Å². The van der Waals surface area contributed by atoms with Crippen molar-refractivity contribution in [1.29, 1.82) is 0 Å². The summed E-state index contributed by atoms with van der Waals surface area (Å²) in [6, 6.07) is 0. The molecule has 0 saturated carbocycles. The van der Waals surface area contributed by atoms with Crippen molar-refractivity contribution < 1.29 is 14.3 Å². The number of ether oxygens (including phenoxy) is 1. The van der Waals surface area contributed by atoms with Crippen LogP contribution in [0.15, 0.2) is 0 Å². The highest BCUT2D eigenvalue weighted by Crippen LogP contribution is 2.15. The Morgan fingerprint density at radius 3 is 2.44 bits per heavy atom. The maximum absolute atomic E-state index is 12.0. The molecular weight excluding hydrogens is 232 g/mol. The lowest BCUT2D eigenvalue weighted by atomic mass is 9.99. The number of likely N-dealkylation sites (tertiary alicyclic amines) is 1. The average Bonchev–Trinajstić information content (AvgIpc) is 2.29. The first-order chi connectivity index (χ1) is 8.52. The first-order valence-corrected chi connectivity index (χ1v) is 6.64. The highest BCUT2D eigenvalue weighted by atomic mass is 16.5. The predicted molar refractivity (Wildman–Crippen MR) is 69.1 cm³/mol. The second kappa shape index (κ2) is 7.36. The summed E-state index contributed by atoms with van der Waals surface area (Å²) in [5.41, 5.74) is 0. The van der Waals surface area contributed by atoms with Gasteiger partial charge in [-0.2, -0.15) is 0 Å². The van der Waals surface area contributed by atoms with Gasteiger partial charge in [-0.25, -0.2) is 0 Å². The number of likely N-dealkylation sites (N-methyl/N-ethyl adjacent to an activating group) is 1. The molecular formula is C13H24N2O3. The fourth-order valence-corrected chi connectivity index (χ4v) is 2.07. The lowest BCUT2D eigenvalue weighted by Gasteiger charge is -2.31. The van der Waals surface area contributed by atoms with Crippen LogP contribution >= 0.6 is 0 Å². The molecule has 1 rings (SSSR count). The van der Waals surface area contributed by atoms with Crippen molar-refractivity contribution in [3.8, 4) is 0 Å². The van der Waals surface area contributed by atoms with Gasteiger partial charge < -0.3 is 9.64 Å². The van der Waals surface area contributed by atoms with E-state index in [0.717, 1.165) is 25.9 Å². The summed E-state index contributed by atoms with van der Waals surface area (Å²) in [7, 11) is 1.77. The van der Waals surface area contributed by atoms with Gasteiger partial charge in [0.05, 0.1) is 19.7 Å². The van der Waals surface area contributed by atoms with E-state index in [-0.39, 0.29) is 25.0 Å². The van der Waals surface area contributed by atoms with Gasteiger partial charge >= 0.3 is 5.97 Å². The number of esters is 1. The summed E-state index contributed by atoms with van der Waals surface area (Å²) in [6.45, 7) is 6.51. The van der Waals surface area contributed by atoms with Gasteiger partial charge in [0.25, 0.3) is 0 Å². The average molecular weight is 256 g/mol. The van der Waals surface area contributed by atoms with Crippen molar-refractivity contribution in [2.75, 3.05) is 39.8 Å². The summed E-state index contributed by atoms with van der Waals surface area (Å²) in [5.74, 6) is 0.542. The molecule has 1 saturated heterocycles. The Hall–Kier alpha value is -1.10. The minimum Gasteiger partial charge on any atom is -0.465 e. The minimum absolute atomic E-state index is 0.105. The normalized spacial score (nSPS) is 17.0. The Labute approximate surface area is 109 Å². The zero-order chi connectivity index (χ0) is 13.5. The molecule has 0 N–H and O–H groups in total. The Morgan fingerprint density at radius 2 is 1.89 bits per heavy atom. The van der Waals surface area contributed by atoms with Crippen LogP contribution in [0.1, 0.15) is 26.7 Å². The van der Waals surface area contributed by atoms with E-state index in [2.05, 4.69) is 6.92 Å². The van der Waals surface area contributed by atoms with Gasteiger partial charge in [0.1, 0.15) is 0 Å². The largest absolute Gasteiger partial charge is 0.465 e. The number of hydrogen-bond donors (Lipinski definition) is 0. The molecule has 0 aliphatic carbocycles. The maximum Gasteiger partial charge on any atom is 0.320 e. The van der Waals surface area contributed by atoms with Gasteiger partial charge in [0.15, 0.2) is 0 Å². The number of piperidine rings is 1. The van der Waals surface area contributed by atoms with Crippen LogP contribution < -0.4 is 0 Å². The van der Waals surface area contributed by atoms with Crippen LogP contribution in [0, 0.1) is 5.92 Å².